The van der Waals surface area contributed by atoms with Crippen molar-refractivity contribution < 1.29 is 18.9 Å². The molecule has 4 aromatic carbocycles. The normalized spacial score (nSPS) is 11.0. The molecule has 0 bridgehead atoms. The molecule has 0 atom stereocenters. The second-order valence-corrected chi connectivity index (χ2v) is 10.1. The van der Waals surface area contributed by atoms with Gasteiger partial charge in [-0.05, 0) is 50.2 Å². The number of aryl methyl sites for hydroxylation is 2. The van der Waals surface area contributed by atoms with E-state index in [2.05, 4.69) is 22.1 Å². The summed E-state index contributed by atoms with van der Waals surface area (Å²) in [6, 6.07) is 35.9. The smallest absolute Gasteiger partial charge is 0.146 e. The van der Waals surface area contributed by atoms with Gasteiger partial charge < -0.3 is 18.9 Å². The molecule has 6 heteroatoms. The molecular formula is C36H32N2O4. The summed E-state index contributed by atoms with van der Waals surface area (Å²) in [6.07, 6.45) is 0. The van der Waals surface area contributed by atoms with E-state index in [0.29, 0.717) is 26.4 Å². The molecule has 0 aliphatic carbocycles. The highest BCUT2D eigenvalue weighted by Crippen LogP contribution is 2.28. The van der Waals surface area contributed by atoms with Crippen LogP contribution in [0.5, 0.6) is 23.0 Å². The molecule has 0 saturated carbocycles. The Morgan fingerprint density at radius 3 is 1.33 bits per heavy atom. The largest absolute Gasteiger partial charge is 0.490 e. The van der Waals surface area contributed by atoms with Gasteiger partial charge >= 0.3 is 0 Å². The zero-order chi connectivity index (χ0) is 28.7. The highest BCUT2D eigenvalue weighted by Gasteiger charge is 2.10. The van der Waals surface area contributed by atoms with E-state index in [4.69, 9.17) is 18.9 Å². The van der Waals surface area contributed by atoms with Crippen molar-refractivity contribution in [1.29, 1.82) is 0 Å². The minimum atomic E-state index is 0.370. The fraction of sp³-hybridized carbons (Fsp3) is 0.167. The van der Waals surface area contributed by atoms with Gasteiger partial charge in [-0.2, -0.15) is 0 Å². The molecule has 0 aliphatic heterocycles. The molecule has 0 saturated heterocycles. The topological polar surface area (TPSA) is 62.7 Å². The van der Waals surface area contributed by atoms with Gasteiger partial charge in [0.1, 0.15) is 60.5 Å². The van der Waals surface area contributed by atoms with Gasteiger partial charge in [0, 0.05) is 33.3 Å². The molecule has 2 aromatic heterocycles. The van der Waals surface area contributed by atoms with Crippen LogP contribution in [0.4, 0.5) is 0 Å². The minimum Gasteiger partial charge on any atom is -0.490 e. The summed E-state index contributed by atoms with van der Waals surface area (Å²) in [4.78, 5) is 9.34. The first-order valence-electron chi connectivity index (χ1n) is 14.0. The van der Waals surface area contributed by atoms with E-state index in [1.165, 1.54) is 0 Å². The Labute approximate surface area is 245 Å². The Kier molecular flexibility index (Phi) is 8.13. The van der Waals surface area contributed by atoms with Crippen LogP contribution >= 0.6 is 0 Å². The van der Waals surface area contributed by atoms with Crippen molar-refractivity contribution in [3.8, 4) is 23.0 Å². The number of hydrogen-bond donors (Lipinski definition) is 0. The Balaban J connectivity index is 1.06. The third-order valence-electron chi connectivity index (χ3n) is 6.95. The Hall–Kier alpha value is -5.10. The average Bonchev–Trinajstić information content (AvgIpc) is 3.02. The first-order chi connectivity index (χ1) is 20.6. The molecular weight excluding hydrogens is 524 g/mol. The summed E-state index contributed by atoms with van der Waals surface area (Å²) in [5.41, 5.74) is 5.54. The predicted octanol–water partition coefficient (Wildman–Crippen LogP) is 8.02. The van der Waals surface area contributed by atoms with Gasteiger partial charge in [-0.1, -0.05) is 72.8 Å². The van der Waals surface area contributed by atoms with Crippen molar-refractivity contribution in [3.63, 3.8) is 0 Å². The van der Waals surface area contributed by atoms with E-state index >= 15 is 0 Å². The van der Waals surface area contributed by atoms with Crippen molar-refractivity contribution in [3.05, 3.63) is 132 Å². The van der Waals surface area contributed by atoms with E-state index in [1.54, 1.807) is 0 Å². The van der Waals surface area contributed by atoms with Crippen molar-refractivity contribution in [2.75, 3.05) is 13.2 Å². The molecule has 0 radical (unpaired) electrons. The van der Waals surface area contributed by atoms with E-state index in [-0.39, 0.29) is 0 Å². The maximum Gasteiger partial charge on any atom is 0.146 e. The Morgan fingerprint density at radius 2 is 0.857 bits per heavy atom. The molecule has 0 unspecified atom stereocenters. The number of fused-ring (bicyclic) bond motifs is 2. The zero-order valence-electron chi connectivity index (χ0n) is 23.7. The van der Waals surface area contributed by atoms with Gasteiger partial charge in [0.25, 0.3) is 0 Å². The molecule has 6 aromatic rings. The fourth-order valence-electron chi connectivity index (χ4n) is 4.81. The van der Waals surface area contributed by atoms with Gasteiger partial charge in [-0.15, -0.1) is 0 Å². The van der Waals surface area contributed by atoms with Crippen LogP contribution in [0.15, 0.2) is 109 Å². The monoisotopic (exact) mass is 556 g/mol. The first kappa shape index (κ1) is 27.1. The van der Waals surface area contributed by atoms with Crippen LogP contribution in [0.2, 0.25) is 0 Å². The third kappa shape index (κ3) is 6.28. The van der Waals surface area contributed by atoms with Crippen LogP contribution < -0.4 is 18.9 Å². The SMILES string of the molecule is Cc1ccc2cccc(OCc3ccccc3OCCOc3ccccc3COc3cccc4ccc(C)nc34)c2n1. The molecule has 0 fully saturated rings. The lowest BCUT2D eigenvalue weighted by Crippen LogP contribution is -2.12. The van der Waals surface area contributed by atoms with Crippen LogP contribution in [-0.2, 0) is 13.2 Å². The summed E-state index contributed by atoms with van der Waals surface area (Å²) in [5, 5.41) is 2.10. The van der Waals surface area contributed by atoms with Crippen molar-refractivity contribution >= 4 is 21.8 Å². The third-order valence-corrected chi connectivity index (χ3v) is 6.95. The highest BCUT2D eigenvalue weighted by molar-refractivity contribution is 5.85. The van der Waals surface area contributed by atoms with E-state index in [1.807, 2.05) is 111 Å². The fourth-order valence-corrected chi connectivity index (χ4v) is 4.81. The van der Waals surface area contributed by atoms with Crippen LogP contribution in [0, 0.1) is 13.8 Å². The number of hydrogen-bond acceptors (Lipinski definition) is 6. The van der Waals surface area contributed by atoms with Gasteiger partial charge in [0.2, 0.25) is 0 Å². The Bertz CT molecular complexity index is 1700. The number of aromatic nitrogens is 2. The van der Waals surface area contributed by atoms with Gasteiger partial charge in [0.05, 0.1) is 0 Å². The molecule has 0 amide bonds. The molecule has 210 valence electrons. The summed E-state index contributed by atoms with van der Waals surface area (Å²) in [7, 11) is 0. The van der Waals surface area contributed by atoms with Crippen molar-refractivity contribution in [1.82, 2.24) is 9.97 Å². The average molecular weight is 557 g/mol. The van der Waals surface area contributed by atoms with Crippen molar-refractivity contribution in [2.45, 2.75) is 27.1 Å². The first-order valence-corrected chi connectivity index (χ1v) is 14.0. The summed E-state index contributed by atoms with van der Waals surface area (Å²) < 4.78 is 24.6. The second-order valence-electron chi connectivity index (χ2n) is 10.1. The van der Waals surface area contributed by atoms with Gasteiger partial charge in [-0.25, -0.2) is 9.97 Å². The molecule has 0 aliphatic rings. The molecule has 6 rings (SSSR count). The van der Waals surface area contributed by atoms with E-state index < -0.39 is 0 Å². The molecule has 2 heterocycles. The lowest BCUT2D eigenvalue weighted by Gasteiger charge is -2.15. The quantitative estimate of drug-likeness (QED) is 0.151. The highest BCUT2D eigenvalue weighted by atomic mass is 16.5. The second kappa shape index (κ2) is 12.6. The van der Waals surface area contributed by atoms with Gasteiger partial charge in [-0.3, -0.25) is 0 Å². The molecule has 0 N–H and O–H groups in total. The number of para-hydroxylation sites is 4. The van der Waals surface area contributed by atoms with E-state index in [9.17, 15) is 0 Å². The predicted molar refractivity (Wildman–Crippen MR) is 165 cm³/mol. The maximum atomic E-state index is 6.20. The zero-order valence-corrected chi connectivity index (χ0v) is 23.7. The minimum absolute atomic E-state index is 0.370. The van der Waals surface area contributed by atoms with Crippen LogP contribution in [0.1, 0.15) is 22.5 Å². The number of nitrogens with zero attached hydrogens (tertiary/aromatic N) is 2. The van der Waals surface area contributed by atoms with Crippen LogP contribution in [0.3, 0.4) is 0 Å². The lowest BCUT2D eigenvalue weighted by atomic mass is 10.2. The number of rotatable bonds is 11. The lowest BCUT2D eigenvalue weighted by molar-refractivity contribution is 0.207. The summed E-state index contributed by atoms with van der Waals surface area (Å²) >= 11 is 0. The number of ether oxygens (including phenoxy) is 4. The molecule has 0 spiro atoms. The summed E-state index contributed by atoms with van der Waals surface area (Å²) in [5.74, 6) is 3.03. The molecule has 6 nitrogen and oxygen atoms in total. The van der Waals surface area contributed by atoms with E-state index in [0.717, 1.165) is 67.3 Å². The summed E-state index contributed by atoms with van der Waals surface area (Å²) in [6.45, 7) is 5.47. The maximum absolute atomic E-state index is 6.20. The standard InChI is InChI=1S/C36H32N2O4/c1-25-17-19-27-11-7-15-33(35(27)37-25)41-23-29-9-3-5-13-31(29)39-21-22-40-32-14-6-4-10-30(32)24-42-34-16-8-12-28-20-18-26(2)38-36(28)34/h3-20H,21-24H2,1-2H3. The van der Waals surface area contributed by atoms with Crippen molar-refractivity contribution in [2.24, 2.45) is 0 Å². The molecule has 42 heavy (non-hydrogen) atoms. The van der Waals surface area contributed by atoms with Gasteiger partial charge in [0.15, 0.2) is 0 Å². The van der Waals surface area contributed by atoms with Crippen LogP contribution in [0.25, 0.3) is 21.8 Å². The van der Waals surface area contributed by atoms with Crippen LogP contribution in [-0.4, -0.2) is 23.2 Å². The Morgan fingerprint density at radius 1 is 0.429 bits per heavy atom. The number of pyridine rings is 2. The number of benzene rings is 4.